The van der Waals surface area contributed by atoms with Crippen LogP contribution in [0.2, 0.25) is 0 Å². The Morgan fingerprint density at radius 1 is 1.28 bits per heavy atom. The Hall–Kier alpha value is -2.90. The summed E-state index contributed by atoms with van der Waals surface area (Å²) in [7, 11) is 2.00. The van der Waals surface area contributed by atoms with Gasteiger partial charge in [0, 0.05) is 44.6 Å². The molecule has 0 aromatic carbocycles. The maximum atomic E-state index is 4.62. The van der Waals surface area contributed by atoms with Gasteiger partial charge in [0.05, 0.1) is 18.1 Å². The number of aryl methyl sites for hydroxylation is 2. The molecule has 1 atom stereocenters. The van der Waals surface area contributed by atoms with E-state index >= 15 is 0 Å². The first kappa shape index (κ1) is 15.6. The lowest BCUT2D eigenvalue weighted by Gasteiger charge is -2.34. The maximum absolute atomic E-state index is 4.62. The van der Waals surface area contributed by atoms with Gasteiger partial charge in [0.25, 0.3) is 0 Å². The van der Waals surface area contributed by atoms with Gasteiger partial charge >= 0.3 is 0 Å². The summed E-state index contributed by atoms with van der Waals surface area (Å²) < 4.78 is 3.67. The summed E-state index contributed by atoms with van der Waals surface area (Å²) in [6.07, 6.45) is 9.32. The molecular weight excluding hydrogens is 316 g/mol. The number of rotatable bonds is 4. The molecule has 0 amide bonds. The second-order valence-electron chi connectivity index (χ2n) is 6.41. The van der Waals surface area contributed by atoms with Crippen LogP contribution in [0, 0.1) is 6.92 Å². The Bertz CT molecular complexity index is 838. The van der Waals surface area contributed by atoms with Crippen molar-refractivity contribution in [1.82, 2.24) is 29.5 Å². The van der Waals surface area contributed by atoms with E-state index in [1.54, 1.807) is 23.3 Å². The van der Waals surface area contributed by atoms with Gasteiger partial charge in [0.2, 0.25) is 0 Å². The smallest absolute Gasteiger partial charge is 0.173 e. The number of anilines is 2. The van der Waals surface area contributed by atoms with E-state index in [1.165, 1.54) is 5.82 Å². The zero-order valence-electron chi connectivity index (χ0n) is 14.5. The van der Waals surface area contributed by atoms with Crippen LogP contribution in [0.3, 0.4) is 0 Å². The molecule has 3 aromatic rings. The van der Waals surface area contributed by atoms with Crippen molar-refractivity contribution >= 4 is 11.6 Å². The molecule has 8 nitrogen and oxygen atoms in total. The first-order valence-electron chi connectivity index (χ1n) is 8.53. The Balaban J connectivity index is 1.47. The van der Waals surface area contributed by atoms with E-state index in [-0.39, 0.29) is 0 Å². The molecule has 1 aliphatic heterocycles. The molecule has 4 rings (SSSR count). The van der Waals surface area contributed by atoms with Crippen molar-refractivity contribution in [2.24, 2.45) is 7.05 Å². The molecule has 4 heterocycles. The van der Waals surface area contributed by atoms with E-state index in [4.69, 9.17) is 0 Å². The maximum Gasteiger partial charge on any atom is 0.173 e. The summed E-state index contributed by atoms with van der Waals surface area (Å²) in [4.78, 5) is 11.3. The van der Waals surface area contributed by atoms with Gasteiger partial charge in [-0.1, -0.05) is 0 Å². The first-order chi connectivity index (χ1) is 12.2. The second-order valence-corrected chi connectivity index (χ2v) is 6.41. The monoisotopic (exact) mass is 338 g/mol. The lowest BCUT2D eigenvalue weighted by Crippen LogP contribution is -2.43. The Morgan fingerprint density at radius 2 is 2.20 bits per heavy atom. The number of nitrogens with one attached hydrogen (secondary N) is 1. The van der Waals surface area contributed by atoms with Crippen LogP contribution in [0.15, 0.2) is 36.9 Å². The first-order valence-corrected chi connectivity index (χ1v) is 8.53. The Kier molecular flexibility index (Phi) is 4.09. The third-order valence-corrected chi connectivity index (χ3v) is 4.44. The Morgan fingerprint density at radius 3 is 2.96 bits per heavy atom. The molecule has 8 heteroatoms. The van der Waals surface area contributed by atoms with Crippen LogP contribution in [0.1, 0.15) is 18.5 Å². The summed E-state index contributed by atoms with van der Waals surface area (Å²) >= 11 is 0. The quantitative estimate of drug-likeness (QED) is 0.781. The van der Waals surface area contributed by atoms with E-state index in [1.807, 2.05) is 30.9 Å². The van der Waals surface area contributed by atoms with Crippen LogP contribution in [0.5, 0.6) is 0 Å². The zero-order valence-corrected chi connectivity index (χ0v) is 14.5. The molecule has 0 saturated carbocycles. The molecular formula is C17H22N8. The molecule has 0 aliphatic carbocycles. The number of hydrogen-bond acceptors (Lipinski definition) is 6. The molecule has 0 radical (unpaired) electrons. The number of aromatic nitrogens is 6. The predicted octanol–water partition coefficient (Wildman–Crippen LogP) is 1.79. The normalized spacial score (nSPS) is 17.7. The largest absolute Gasteiger partial charge is 0.364 e. The van der Waals surface area contributed by atoms with E-state index in [0.29, 0.717) is 11.9 Å². The average Bonchev–Trinajstić information content (AvgIpc) is 3.25. The van der Waals surface area contributed by atoms with Gasteiger partial charge in [-0.3, -0.25) is 9.67 Å². The molecule has 3 aromatic heterocycles. The molecule has 0 spiro atoms. The van der Waals surface area contributed by atoms with Crippen molar-refractivity contribution in [1.29, 1.82) is 0 Å². The standard InChI is InChI=1S/C17H22N8/c1-13-9-17(23(2)22-13)24-7-3-5-14(12-24)20-15-10-18-11-16(21-15)25-8-4-6-19-25/h4,6,8-11,14H,3,5,7,12H2,1-2H3,(H,20,21). The highest BCUT2D eigenvalue weighted by Gasteiger charge is 2.22. The van der Waals surface area contributed by atoms with Crippen LogP contribution >= 0.6 is 0 Å². The van der Waals surface area contributed by atoms with Gasteiger partial charge in [0.15, 0.2) is 5.82 Å². The SMILES string of the molecule is Cc1cc(N2CCCC(Nc3cncc(-n4cccn4)n3)C2)n(C)n1. The van der Waals surface area contributed by atoms with Crippen molar-refractivity contribution in [2.75, 3.05) is 23.3 Å². The minimum atomic E-state index is 0.325. The highest BCUT2D eigenvalue weighted by Crippen LogP contribution is 2.22. The van der Waals surface area contributed by atoms with Crippen molar-refractivity contribution in [2.45, 2.75) is 25.8 Å². The lowest BCUT2D eigenvalue weighted by molar-refractivity contribution is 0.517. The van der Waals surface area contributed by atoms with Crippen LogP contribution in [-0.2, 0) is 7.05 Å². The van der Waals surface area contributed by atoms with E-state index < -0.39 is 0 Å². The van der Waals surface area contributed by atoms with Crippen LogP contribution in [0.4, 0.5) is 11.6 Å². The average molecular weight is 338 g/mol. The predicted molar refractivity (Wildman–Crippen MR) is 96.0 cm³/mol. The molecule has 130 valence electrons. The number of hydrogen-bond donors (Lipinski definition) is 1. The lowest BCUT2D eigenvalue weighted by atomic mass is 10.1. The van der Waals surface area contributed by atoms with Crippen molar-refractivity contribution < 1.29 is 0 Å². The molecule has 1 unspecified atom stereocenters. The minimum Gasteiger partial charge on any atom is -0.364 e. The van der Waals surface area contributed by atoms with E-state index in [0.717, 1.165) is 37.4 Å². The topological polar surface area (TPSA) is 76.7 Å². The van der Waals surface area contributed by atoms with Crippen LogP contribution in [-0.4, -0.2) is 48.7 Å². The summed E-state index contributed by atoms with van der Waals surface area (Å²) in [5, 5.41) is 12.2. The molecule has 1 fully saturated rings. The zero-order chi connectivity index (χ0) is 17.2. The molecule has 25 heavy (non-hydrogen) atoms. The number of piperidine rings is 1. The molecule has 1 saturated heterocycles. The Labute approximate surface area is 146 Å². The van der Waals surface area contributed by atoms with Crippen molar-refractivity contribution in [3.63, 3.8) is 0 Å². The van der Waals surface area contributed by atoms with Crippen molar-refractivity contribution in [3.8, 4) is 5.82 Å². The molecule has 0 bridgehead atoms. The van der Waals surface area contributed by atoms with Gasteiger partial charge in [-0.05, 0) is 25.8 Å². The second kappa shape index (κ2) is 6.54. The minimum absolute atomic E-state index is 0.325. The summed E-state index contributed by atoms with van der Waals surface area (Å²) in [6.45, 7) is 4.00. The van der Waals surface area contributed by atoms with Gasteiger partial charge in [0.1, 0.15) is 11.6 Å². The van der Waals surface area contributed by atoms with Gasteiger partial charge in [-0.25, -0.2) is 9.67 Å². The summed E-state index contributed by atoms with van der Waals surface area (Å²) in [6, 6.07) is 4.34. The molecule has 1 aliphatic rings. The van der Waals surface area contributed by atoms with Crippen LogP contribution in [0.25, 0.3) is 5.82 Å². The summed E-state index contributed by atoms with van der Waals surface area (Å²) in [5.74, 6) is 2.66. The molecule has 1 N–H and O–H groups in total. The van der Waals surface area contributed by atoms with Crippen molar-refractivity contribution in [3.05, 3.63) is 42.6 Å². The van der Waals surface area contributed by atoms with Gasteiger partial charge < -0.3 is 10.2 Å². The highest BCUT2D eigenvalue weighted by molar-refractivity contribution is 5.43. The highest BCUT2D eigenvalue weighted by atomic mass is 15.4. The van der Waals surface area contributed by atoms with Crippen LogP contribution < -0.4 is 10.2 Å². The fourth-order valence-corrected chi connectivity index (χ4v) is 3.35. The third-order valence-electron chi connectivity index (χ3n) is 4.44. The van der Waals surface area contributed by atoms with Gasteiger partial charge in [-0.15, -0.1) is 0 Å². The van der Waals surface area contributed by atoms with E-state index in [2.05, 4.69) is 36.4 Å². The fourth-order valence-electron chi connectivity index (χ4n) is 3.35. The summed E-state index contributed by atoms with van der Waals surface area (Å²) in [5.41, 5.74) is 1.05. The third kappa shape index (κ3) is 3.33. The van der Waals surface area contributed by atoms with E-state index in [9.17, 15) is 0 Å². The number of nitrogens with zero attached hydrogens (tertiary/aromatic N) is 7. The fraction of sp³-hybridized carbons (Fsp3) is 0.412. The van der Waals surface area contributed by atoms with Gasteiger partial charge in [-0.2, -0.15) is 10.2 Å².